The smallest absolute Gasteiger partial charge is 0.287 e. The van der Waals surface area contributed by atoms with Crippen LogP contribution < -0.4 is 10.6 Å². The number of hydrogen-bond acceptors (Lipinski definition) is 4. The third-order valence-corrected chi connectivity index (χ3v) is 8.48. The van der Waals surface area contributed by atoms with Gasteiger partial charge in [0.05, 0.1) is 0 Å². The van der Waals surface area contributed by atoms with Crippen LogP contribution in [-0.2, 0) is 25.2 Å². The van der Waals surface area contributed by atoms with Crippen molar-refractivity contribution in [1.82, 2.24) is 9.97 Å². The van der Waals surface area contributed by atoms with Gasteiger partial charge in [0.25, 0.3) is 11.8 Å². The van der Waals surface area contributed by atoms with E-state index in [-0.39, 0.29) is 11.6 Å². The summed E-state index contributed by atoms with van der Waals surface area (Å²) >= 11 is 0. The molecule has 0 radical (unpaired) electrons. The first-order valence-corrected chi connectivity index (χ1v) is 17.0. The summed E-state index contributed by atoms with van der Waals surface area (Å²) in [6.45, 7) is 19.2. The number of carbonyl (C=O) groups excluding carboxylic acids is 1. The Kier molecular flexibility index (Phi) is 15.5. The van der Waals surface area contributed by atoms with Gasteiger partial charge >= 0.3 is 0 Å². The van der Waals surface area contributed by atoms with Crippen LogP contribution in [0.25, 0.3) is 5.57 Å². The van der Waals surface area contributed by atoms with Crippen molar-refractivity contribution in [3.8, 4) is 0 Å². The minimum Gasteiger partial charge on any atom is -0.373 e. The molecule has 1 aliphatic carbocycles. The maximum Gasteiger partial charge on any atom is 0.287 e. The zero-order chi connectivity index (χ0) is 34.4. The average molecular weight is 635 g/mol. The van der Waals surface area contributed by atoms with Crippen LogP contribution in [0.15, 0.2) is 49.2 Å². The molecule has 2 heterocycles. The second kappa shape index (κ2) is 18.5. The number of aromatic nitrogens is 2. The van der Waals surface area contributed by atoms with Crippen molar-refractivity contribution >= 4 is 23.0 Å². The summed E-state index contributed by atoms with van der Waals surface area (Å²) in [5.74, 6) is -1.25. The molecule has 1 saturated carbocycles. The predicted octanol–water partition coefficient (Wildman–Crippen LogP) is 10.8. The van der Waals surface area contributed by atoms with Crippen molar-refractivity contribution in [2.45, 2.75) is 113 Å². The molecule has 2 N–H and O–H groups in total. The maximum atomic E-state index is 14.1. The number of halogens is 2. The van der Waals surface area contributed by atoms with E-state index in [9.17, 15) is 13.6 Å². The van der Waals surface area contributed by atoms with Crippen LogP contribution in [0.5, 0.6) is 0 Å². The Morgan fingerprint density at radius 3 is 2.30 bits per heavy atom. The molecule has 0 saturated heterocycles. The number of pyridine rings is 2. The van der Waals surface area contributed by atoms with Crippen LogP contribution in [0.2, 0.25) is 0 Å². The summed E-state index contributed by atoms with van der Waals surface area (Å²) in [5.41, 5.74) is 6.95. The molecule has 1 unspecified atom stereocenters. The first-order chi connectivity index (χ1) is 21.9. The van der Waals surface area contributed by atoms with Crippen LogP contribution in [0.3, 0.4) is 0 Å². The summed E-state index contributed by atoms with van der Waals surface area (Å²) < 4.78 is 28.2. The molecule has 1 aliphatic rings. The number of nitrogens with zero attached hydrogens (tertiary/aromatic N) is 2. The molecule has 46 heavy (non-hydrogen) atoms. The number of alkyl halides is 2. The molecule has 1 aromatic carbocycles. The van der Waals surface area contributed by atoms with E-state index in [1.54, 1.807) is 12.1 Å². The number of amides is 1. The van der Waals surface area contributed by atoms with Crippen molar-refractivity contribution in [3.63, 3.8) is 0 Å². The molecular formula is C39H56F2N4O. The molecule has 2 aromatic heterocycles. The van der Waals surface area contributed by atoms with E-state index >= 15 is 0 Å². The fraction of sp³-hybridized carbons (Fsp3) is 0.513. The van der Waals surface area contributed by atoms with Crippen molar-refractivity contribution in [3.05, 3.63) is 88.4 Å². The zero-order valence-corrected chi connectivity index (χ0v) is 29.6. The monoisotopic (exact) mass is 634 g/mol. The van der Waals surface area contributed by atoms with Gasteiger partial charge in [0.2, 0.25) is 0 Å². The van der Waals surface area contributed by atoms with E-state index in [0.717, 1.165) is 73.9 Å². The van der Waals surface area contributed by atoms with Gasteiger partial charge in [-0.1, -0.05) is 66.5 Å². The van der Waals surface area contributed by atoms with Crippen molar-refractivity contribution in [1.29, 1.82) is 0 Å². The lowest BCUT2D eigenvalue weighted by Crippen LogP contribution is -2.17. The molecule has 0 spiro atoms. The van der Waals surface area contributed by atoms with E-state index in [4.69, 9.17) is 0 Å². The van der Waals surface area contributed by atoms with E-state index in [1.807, 2.05) is 53.1 Å². The molecule has 0 bridgehead atoms. The topological polar surface area (TPSA) is 66.9 Å². The van der Waals surface area contributed by atoms with Gasteiger partial charge < -0.3 is 10.6 Å². The fourth-order valence-electron chi connectivity index (χ4n) is 5.84. The van der Waals surface area contributed by atoms with Crippen molar-refractivity contribution in [2.24, 2.45) is 11.8 Å². The third-order valence-electron chi connectivity index (χ3n) is 8.48. The van der Waals surface area contributed by atoms with E-state index < -0.39 is 5.92 Å². The lowest BCUT2D eigenvalue weighted by molar-refractivity contribution is 0.0126. The SMILES string of the molecule is C=C(C)c1cc(CC)cnc1NC.CC.CCCc1ccc(C(=O)Nc2cc(CC3CC[C@@H](CC)C3)nc(C(C)(F)F)c2)cc1C. The van der Waals surface area contributed by atoms with Crippen LogP contribution in [0.1, 0.15) is 125 Å². The number of hydrogen-bond donors (Lipinski definition) is 2. The molecule has 0 aliphatic heterocycles. The Labute approximate surface area is 276 Å². The number of carbonyl (C=O) groups is 1. The van der Waals surface area contributed by atoms with Crippen molar-refractivity contribution in [2.75, 3.05) is 17.7 Å². The number of aryl methyl sites for hydroxylation is 3. The van der Waals surface area contributed by atoms with E-state index in [2.05, 4.69) is 54.0 Å². The quantitative estimate of drug-likeness (QED) is 0.220. The third kappa shape index (κ3) is 11.3. The standard InChI is InChI=1S/C26H34F2N2O.C11H16N2.C2H6/c1-5-7-20-10-11-21(12-17(20)3)25(31)30-23-15-22(29-24(16-23)26(4,27)28)14-19-9-8-18(6-2)13-19;1-5-9-6-10(8(2)3)11(12-4)13-7-9;1-2/h10-12,15-16,18-19H,5-9,13-14H2,1-4H3,(H,29,30,31);6-7H,2,5H2,1,3-4H3,(H,12,13);1-2H3/t18-,19?;;/m1../s1. The molecule has 2 atom stereocenters. The molecule has 1 amide bonds. The predicted molar refractivity (Wildman–Crippen MR) is 191 cm³/mol. The highest BCUT2D eigenvalue weighted by molar-refractivity contribution is 6.04. The van der Waals surface area contributed by atoms with E-state index in [1.165, 1.54) is 23.6 Å². The van der Waals surface area contributed by atoms with Gasteiger partial charge in [0.1, 0.15) is 11.5 Å². The molecule has 3 aromatic rings. The summed E-state index contributed by atoms with van der Waals surface area (Å²) in [5, 5.41) is 5.88. The molecule has 1 fully saturated rings. The number of rotatable bonds is 11. The highest BCUT2D eigenvalue weighted by atomic mass is 19.3. The van der Waals surface area contributed by atoms with Gasteiger partial charge in [0, 0.05) is 42.7 Å². The lowest BCUT2D eigenvalue weighted by atomic mass is 9.98. The highest BCUT2D eigenvalue weighted by Crippen LogP contribution is 2.36. The number of nitrogens with one attached hydrogen (secondary N) is 2. The van der Waals surface area contributed by atoms with Crippen LogP contribution in [-0.4, -0.2) is 22.9 Å². The van der Waals surface area contributed by atoms with Crippen LogP contribution >= 0.6 is 0 Å². The molecule has 4 rings (SSSR count). The molecular weight excluding hydrogens is 578 g/mol. The van der Waals surface area contributed by atoms with Gasteiger partial charge in [-0.2, -0.15) is 8.78 Å². The van der Waals surface area contributed by atoms with E-state index in [0.29, 0.717) is 29.3 Å². The number of anilines is 2. The van der Waals surface area contributed by atoms with Gasteiger partial charge in [-0.15, -0.1) is 0 Å². The Bertz CT molecular complexity index is 1430. The molecule has 5 nitrogen and oxygen atoms in total. The summed E-state index contributed by atoms with van der Waals surface area (Å²) in [7, 11) is 1.88. The largest absolute Gasteiger partial charge is 0.373 e. The summed E-state index contributed by atoms with van der Waals surface area (Å²) in [4.78, 5) is 21.4. The molecule has 7 heteroatoms. The number of benzene rings is 1. The van der Waals surface area contributed by atoms with Gasteiger partial charge in [-0.05, 0) is 110 Å². The van der Waals surface area contributed by atoms with Crippen molar-refractivity contribution < 1.29 is 13.6 Å². The van der Waals surface area contributed by atoms with Gasteiger partial charge in [-0.3, -0.25) is 9.78 Å². The minimum atomic E-state index is -3.06. The Morgan fingerprint density at radius 1 is 1.07 bits per heavy atom. The summed E-state index contributed by atoms with van der Waals surface area (Å²) in [6.07, 6.45) is 10.2. The Morgan fingerprint density at radius 2 is 1.76 bits per heavy atom. The zero-order valence-electron chi connectivity index (χ0n) is 29.6. The maximum absolute atomic E-state index is 14.1. The minimum absolute atomic E-state index is 0.291. The first-order valence-electron chi connectivity index (χ1n) is 17.0. The van der Waals surface area contributed by atoms with Gasteiger partial charge in [0.15, 0.2) is 0 Å². The number of allylic oxidation sites excluding steroid dienone is 1. The normalized spacial score (nSPS) is 15.6. The first kappa shape index (κ1) is 38.6. The Hall–Kier alpha value is -3.61. The lowest BCUT2D eigenvalue weighted by Gasteiger charge is -2.16. The van der Waals surface area contributed by atoms with Crippen LogP contribution in [0.4, 0.5) is 20.3 Å². The second-order valence-corrected chi connectivity index (χ2v) is 12.2. The second-order valence-electron chi connectivity index (χ2n) is 12.2. The fourth-order valence-corrected chi connectivity index (χ4v) is 5.84. The van der Waals surface area contributed by atoms with Crippen LogP contribution in [0, 0.1) is 18.8 Å². The molecule has 252 valence electrons. The highest BCUT2D eigenvalue weighted by Gasteiger charge is 2.29. The summed E-state index contributed by atoms with van der Waals surface area (Å²) in [6, 6.07) is 10.8. The average Bonchev–Trinajstić information content (AvgIpc) is 3.49. The van der Waals surface area contributed by atoms with Gasteiger partial charge in [-0.25, -0.2) is 4.98 Å². The Balaban J connectivity index is 0.000000410.